The first-order chi connectivity index (χ1) is 51.0. The van der Waals surface area contributed by atoms with E-state index in [9.17, 15) is 33.9 Å². The Morgan fingerprint density at radius 1 is 0.212 bits per heavy atom. The third kappa shape index (κ3) is 78.8. The number of carbonyl (C=O) groups is 6. The Labute approximate surface area is 612 Å². The zero-order chi connectivity index (χ0) is 75.6. The number of rotatable bonds is 86. The van der Waals surface area contributed by atoms with Crippen LogP contribution in [-0.4, -0.2) is 430 Å². The smallest absolute Gasteiger partial charge is 0.246 e. The maximum atomic E-state index is 12.7. The summed E-state index contributed by atoms with van der Waals surface area (Å²) in [4.78, 5) is 73.2. The van der Waals surface area contributed by atoms with E-state index < -0.39 is 18.3 Å². The van der Waals surface area contributed by atoms with Crippen LogP contribution < -0.4 is 31.9 Å². The molecule has 0 radical (unpaired) electrons. The van der Waals surface area contributed by atoms with Crippen LogP contribution in [0.15, 0.2) is 0 Å². The molecule has 0 unspecified atom stereocenters. The molecule has 0 fully saturated rings. The lowest BCUT2D eigenvalue weighted by Gasteiger charge is -2.18. The van der Waals surface area contributed by atoms with Crippen LogP contribution >= 0.6 is 0 Å². The van der Waals surface area contributed by atoms with E-state index in [1.807, 2.05) is 0 Å². The van der Waals surface area contributed by atoms with E-state index in [-0.39, 0.29) is 299 Å². The summed E-state index contributed by atoms with van der Waals surface area (Å²) in [5, 5.41) is 26.6. The zero-order valence-corrected chi connectivity index (χ0v) is 62.0. The van der Waals surface area contributed by atoms with Gasteiger partial charge in [0.15, 0.2) is 0 Å². The van der Waals surface area contributed by atoms with Gasteiger partial charge in [0.1, 0.15) is 58.0 Å². The first-order valence-corrected chi connectivity index (χ1v) is 35.1. The first-order valence-electron chi connectivity index (χ1n) is 35.1. The van der Waals surface area contributed by atoms with Crippen molar-refractivity contribution >= 4 is 35.4 Å². The number of hydrogen-bond donors (Lipinski definition) is 7. The number of aliphatic hydroxyl groups excluding tert-OH is 1. The summed E-state index contributed by atoms with van der Waals surface area (Å²) in [6, 6.07) is 0. The van der Waals surface area contributed by atoms with Gasteiger partial charge in [0.05, 0.1) is 264 Å². The molecule has 0 aliphatic heterocycles. The molecule has 104 heavy (non-hydrogen) atoms. The highest BCUT2D eigenvalue weighted by molar-refractivity contribution is 5.78. The topological polar surface area (TPSA) is 435 Å². The third-order valence-electron chi connectivity index (χ3n) is 12.5. The molecule has 0 saturated heterocycles. The molecule has 39 heteroatoms. The van der Waals surface area contributed by atoms with Crippen molar-refractivity contribution < 1.29 is 157 Å². The van der Waals surface area contributed by atoms with Gasteiger partial charge in [0.2, 0.25) is 35.4 Å². The molecule has 0 aromatic rings. The van der Waals surface area contributed by atoms with Crippen molar-refractivity contribution in [1.82, 2.24) is 31.9 Å². The zero-order valence-electron chi connectivity index (χ0n) is 62.0. The molecule has 0 saturated carbocycles. The second kappa shape index (κ2) is 82.8. The number of amides is 6. The summed E-state index contributed by atoms with van der Waals surface area (Å²) in [7, 11) is 6.33. The van der Waals surface area contributed by atoms with Gasteiger partial charge < -0.3 is 160 Å². The molecule has 6 amide bonds. The second-order valence-electron chi connectivity index (χ2n) is 21.4. The van der Waals surface area contributed by atoms with Crippen molar-refractivity contribution in [2.75, 3.05) is 372 Å². The van der Waals surface area contributed by atoms with E-state index in [0.717, 1.165) is 0 Å². The molecule has 0 aromatic heterocycles. The quantitative estimate of drug-likeness (QED) is 0.0280. The lowest BCUT2D eigenvalue weighted by atomic mass is 10.4. The van der Waals surface area contributed by atoms with Crippen molar-refractivity contribution in [3.63, 3.8) is 0 Å². The van der Waals surface area contributed by atoms with Gasteiger partial charge in [-0.3, -0.25) is 28.8 Å². The minimum atomic E-state index is -0.904. The van der Waals surface area contributed by atoms with Gasteiger partial charge in [0.25, 0.3) is 0 Å². The summed E-state index contributed by atoms with van der Waals surface area (Å²) >= 11 is 0. The van der Waals surface area contributed by atoms with Gasteiger partial charge in [-0.15, -0.1) is 0 Å². The summed E-state index contributed by atoms with van der Waals surface area (Å²) < 4.78 is 141. The van der Waals surface area contributed by atoms with Crippen molar-refractivity contribution in [3.8, 4) is 0 Å². The van der Waals surface area contributed by atoms with E-state index in [2.05, 4.69) is 31.9 Å². The molecule has 0 aliphatic rings. The monoisotopic (exact) mass is 1520 g/mol. The van der Waals surface area contributed by atoms with Crippen LogP contribution in [0.3, 0.4) is 0 Å². The Hall–Kier alpha value is -4.26. The highest BCUT2D eigenvalue weighted by Gasteiger charge is 2.16. The predicted octanol–water partition coefficient (Wildman–Crippen LogP) is -5.27. The third-order valence-corrected chi connectivity index (χ3v) is 12.5. The molecule has 614 valence electrons. The highest BCUT2D eigenvalue weighted by atomic mass is 16.6. The van der Waals surface area contributed by atoms with Crippen LogP contribution in [0.4, 0.5) is 0 Å². The number of carbonyl (C=O) groups excluding carboxylic acids is 6. The van der Waals surface area contributed by atoms with E-state index in [1.54, 1.807) is 28.4 Å². The summed E-state index contributed by atoms with van der Waals surface area (Å²) in [5.41, 5.74) is 0. The van der Waals surface area contributed by atoms with E-state index in [4.69, 9.17) is 123 Å². The fourth-order valence-corrected chi connectivity index (χ4v) is 7.33. The van der Waals surface area contributed by atoms with Crippen LogP contribution in [0.25, 0.3) is 0 Å². The molecule has 0 bridgehead atoms. The van der Waals surface area contributed by atoms with E-state index >= 15 is 0 Å². The minimum absolute atomic E-state index is 0.00204. The number of nitrogens with one attached hydrogen (secondary N) is 6. The van der Waals surface area contributed by atoms with Crippen molar-refractivity contribution in [3.05, 3.63) is 0 Å². The van der Waals surface area contributed by atoms with Crippen molar-refractivity contribution in [2.45, 2.75) is 18.3 Å². The lowest BCUT2D eigenvalue weighted by Crippen LogP contribution is -2.35. The normalized spacial score (nSPS) is 11.5. The molecule has 0 aromatic carbocycles. The largest absolute Gasteiger partial charge is 0.388 e. The van der Waals surface area contributed by atoms with E-state index in [0.29, 0.717) is 79.3 Å². The number of methoxy groups -OCH3 is 4. The predicted molar refractivity (Wildman–Crippen MR) is 367 cm³/mol. The lowest BCUT2D eigenvalue weighted by molar-refractivity contribution is -0.133. The van der Waals surface area contributed by atoms with Crippen LogP contribution in [-0.2, 0) is 152 Å². The average molecular weight is 1520 g/mol. The molecule has 0 heterocycles. The molecule has 7 N–H and O–H groups in total. The van der Waals surface area contributed by atoms with Gasteiger partial charge in [0, 0.05) is 67.7 Å². The fraction of sp³-hybridized carbons (Fsp3) is 0.908. The van der Waals surface area contributed by atoms with Gasteiger partial charge in [-0.05, 0) is 0 Å². The highest BCUT2D eigenvalue weighted by Crippen LogP contribution is 2.00. The number of aliphatic hydroxyl groups is 1. The molecule has 0 rings (SSSR count). The minimum Gasteiger partial charge on any atom is -0.388 e. The first kappa shape index (κ1) is 99.7. The summed E-state index contributed by atoms with van der Waals surface area (Å²) in [6.07, 6.45) is -2.14. The van der Waals surface area contributed by atoms with Crippen molar-refractivity contribution in [1.29, 1.82) is 0 Å². The standard InChI is InChI=1S/C65H126N6O33/c1-79-17-21-89-31-41-99-51-60(73)66-5-11-85-27-37-95-47-58(48-96-38-28-86-12-6-67-61(74)52-100-42-32-90-22-18-80-2)103-55-64(77)70-9-15-83-25-35-93-45-57(72)46-94-36-26-84-16-10-71-65(78)56-104-59(49-97-39-29-87-13-7-68-62(75)53-101-43-33-91-23-19-81-3)50-98-40-30-88-14-8-69-63(76)54-102-44-34-92-24-20-82-4/h57-59,72H,5-56H2,1-4H3,(H,66,73)(H,67,74)(H,68,75)(H,69,76)(H,70,77)(H,71,78). The Morgan fingerprint density at radius 2 is 0.375 bits per heavy atom. The molecular weight excluding hydrogens is 1390 g/mol. The Bertz CT molecular complexity index is 1690. The maximum absolute atomic E-state index is 12.7. The molecule has 39 nitrogen and oxygen atoms in total. The van der Waals surface area contributed by atoms with Crippen LogP contribution in [0.2, 0.25) is 0 Å². The fourth-order valence-electron chi connectivity index (χ4n) is 7.33. The molecule has 0 aliphatic carbocycles. The van der Waals surface area contributed by atoms with E-state index in [1.165, 1.54) is 0 Å². The average Bonchev–Trinajstić information content (AvgIpc) is 1.47. The van der Waals surface area contributed by atoms with Crippen LogP contribution in [0, 0.1) is 0 Å². The van der Waals surface area contributed by atoms with Gasteiger partial charge >= 0.3 is 0 Å². The summed E-state index contributed by atoms with van der Waals surface area (Å²) in [6.45, 7) is 11.1. The molecular formula is C65H126N6O33. The second-order valence-corrected chi connectivity index (χ2v) is 21.4. The SMILES string of the molecule is COCCOCCOCC(=O)NCCOCCOCC(COCCOCCNC(=O)COCCOCCOC)OCC(=O)NCCOCCOCC(O)COCCOCCNC(=O)COC(COCCOCCNC(=O)COCCOCCOC)COCCOCCNC(=O)COCCOCCOC. The Morgan fingerprint density at radius 3 is 0.587 bits per heavy atom. The van der Waals surface area contributed by atoms with Gasteiger partial charge in [-0.25, -0.2) is 0 Å². The van der Waals surface area contributed by atoms with Gasteiger partial charge in [-0.2, -0.15) is 0 Å². The maximum Gasteiger partial charge on any atom is 0.246 e. The Balaban J connectivity index is 4.50. The van der Waals surface area contributed by atoms with Crippen LogP contribution in [0.5, 0.6) is 0 Å². The number of hydrogen-bond acceptors (Lipinski definition) is 33. The molecule has 0 spiro atoms. The molecule has 0 atom stereocenters. The van der Waals surface area contributed by atoms with Gasteiger partial charge in [-0.1, -0.05) is 0 Å². The summed E-state index contributed by atoms with van der Waals surface area (Å²) in [5.74, 6) is -1.90. The Kier molecular flexibility index (Phi) is 79.4. The van der Waals surface area contributed by atoms with Crippen LogP contribution in [0.1, 0.15) is 0 Å². The number of ether oxygens (including phenoxy) is 26. The van der Waals surface area contributed by atoms with Crippen molar-refractivity contribution in [2.24, 2.45) is 0 Å².